The largest absolute Gasteiger partial charge is 0.365 e. The quantitative estimate of drug-likeness (QED) is 0.576. The van der Waals surface area contributed by atoms with E-state index in [-0.39, 0.29) is 5.69 Å². The number of carbonyl (C=O) groups excluding carboxylic acids is 1. The van der Waals surface area contributed by atoms with E-state index in [1.54, 1.807) is 23.0 Å². The maximum Gasteiger partial charge on any atom is 0.269 e. The van der Waals surface area contributed by atoms with Crippen LogP contribution >= 0.6 is 0 Å². The topological polar surface area (TPSA) is 104 Å². The first-order chi connectivity index (χ1) is 11.5. The maximum atomic E-state index is 11.7. The lowest BCUT2D eigenvalue weighted by Gasteiger charge is -2.02. The molecule has 7 nitrogen and oxygen atoms in total. The van der Waals surface area contributed by atoms with Crippen LogP contribution in [0.25, 0.3) is 11.3 Å². The molecule has 120 valence electrons. The van der Waals surface area contributed by atoms with Crippen molar-refractivity contribution in [1.29, 1.82) is 0 Å². The summed E-state index contributed by atoms with van der Waals surface area (Å²) in [6.07, 6.45) is 1.56. The van der Waals surface area contributed by atoms with E-state index in [1.807, 2.05) is 30.3 Å². The fraction of sp³-hybridized carbons (Fsp3) is 0.0588. The van der Waals surface area contributed by atoms with Gasteiger partial charge in [-0.15, -0.1) is 0 Å². The lowest BCUT2D eigenvalue weighted by atomic mass is 10.1. The van der Waals surface area contributed by atoms with E-state index >= 15 is 0 Å². The summed E-state index contributed by atoms with van der Waals surface area (Å²) < 4.78 is 1.56. The van der Waals surface area contributed by atoms with E-state index in [0.717, 1.165) is 5.56 Å². The van der Waals surface area contributed by atoms with E-state index in [2.05, 4.69) is 5.10 Å². The average Bonchev–Trinajstić information content (AvgIpc) is 3.00. The molecule has 2 aromatic carbocycles. The van der Waals surface area contributed by atoms with E-state index in [9.17, 15) is 14.9 Å². The zero-order chi connectivity index (χ0) is 17.1. The van der Waals surface area contributed by atoms with Crippen molar-refractivity contribution in [3.05, 3.63) is 82.0 Å². The first-order valence-electron chi connectivity index (χ1n) is 7.20. The Labute approximate surface area is 137 Å². The molecule has 1 amide bonds. The SMILES string of the molecule is NC(=O)c1cn(Cc2cccc([N+](=O)[O-])c2)nc1-c1ccccc1. The molecule has 3 aromatic rings. The van der Waals surface area contributed by atoms with Crippen molar-refractivity contribution in [3.63, 3.8) is 0 Å². The molecule has 1 heterocycles. The molecule has 0 aliphatic rings. The number of nitrogens with two attached hydrogens (primary N) is 1. The molecule has 0 saturated carbocycles. The summed E-state index contributed by atoms with van der Waals surface area (Å²) in [7, 11) is 0. The first-order valence-corrected chi connectivity index (χ1v) is 7.20. The molecule has 2 N–H and O–H groups in total. The number of benzene rings is 2. The number of rotatable bonds is 5. The summed E-state index contributed by atoms with van der Waals surface area (Å²) in [6, 6.07) is 15.5. The Hall–Kier alpha value is -3.48. The third kappa shape index (κ3) is 3.14. The Bertz CT molecular complexity index is 903. The van der Waals surface area contributed by atoms with Crippen LogP contribution in [0.1, 0.15) is 15.9 Å². The Kier molecular flexibility index (Phi) is 4.07. The van der Waals surface area contributed by atoms with Gasteiger partial charge in [-0.3, -0.25) is 19.6 Å². The molecule has 1 aromatic heterocycles. The second-order valence-corrected chi connectivity index (χ2v) is 5.25. The molecule has 0 atom stereocenters. The molecule has 0 spiro atoms. The van der Waals surface area contributed by atoms with Gasteiger partial charge in [0, 0.05) is 23.9 Å². The first kappa shape index (κ1) is 15.4. The van der Waals surface area contributed by atoms with Gasteiger partial charge in [0.2, 0.25) is 0 Å². The van der Waals surface area contributed by atoms with Gasteiger partial charge >= 0.3 is 0 Å². The molecular weight excluding hydrogens is 308 g/mol. The van der Waals surface area contributed by atoms with Crippen LogP contribution in [0.3, 0.4) is 0 Å². The van der Waals surface area contributed by atoms with Gasteiger partial charge in [0.1, 0.15) is 5.69 Å². The number of nitrogens with zero attached hydrogens (tertiary/aromatic N) is 3. The summed E-state index contributed by atoms with van der Waals surface area (Å²) in [6.45, 7) is 0.300. The van der Waals surface area contributed by atoms with E-state index in [0.29, 0.717) is 23.4 Å². The van der Waals surface area contributed by atoms with Gasteiger partial charge in [-0.1, -0.05) is 42.5 Å². The van der Waals surface area contributed by atoms with Gasteiger partial charge in [0.25, 0.3) is 11.6 Å². The Balaban J connectivity index is 1.97. The van der Waals surface area contributed by atoms with Crippen LogP contribution in [0.4, 0.5) is 5.69 Å². The normalized spacial score (nSPS) is 10.5. The molecule has 0 fully saturated rings. The number of non-ortho nitro benzene ring substituents is 1. The highest BCUT2D eigenvalue weighted by Gasteiger charge is 2.16. The molecular formula is C17H14N4O3. The number of primary amides is 1. The summed E-state index contributed by atoms with van der Waals surface area (Å²) in [5.41, 5.74) is 7.75. The molecule has 0 unspecified atom stereocenters. The number of aromatic nitrogens is 2. The number of amides is 1. The average molecular weight is 322 g/mol. The second-order valence-electron chi connectivity index (χ2n) is 5.25. The number of hydrogen-bond acceptors (Lipinski definition) is 4. The second kappa shape index (κ2) is 6.33. The zero-order valence-electron chi connectivity index (χ0n) is 12.6. The molecule has 7 heteroatoms. The van der Waals surface area contributed by atoms with Gasteiger partial charge < -0.3 is 5.73 Å². The van der Waals surface area contributed by atoms with E-state index < -0.39 is 10.8 Å². The fourth-order valence-corrected chi connectivity index (χ4v) is 2.45. The van der Waals surface area contributed by atoms with Gasteiger partial charge in [0.05, 0.1) is 17.0 Å². The lowest BCUT2D eigenvalue weighted by Crippen LogP contribution is -2.11. The van der Waals surface area contributed by atoms with Crippen molar-refractivity contribution < 1.29 is 9.72 Å². The van der Waals surface area contributed by atoms with E-state index in [4.69, 9.17) is 5.73 Å². The van der Waals surface area contributed by atoms with E-state index in [1.165, 1.54) is 12.1 Å². The highest BCUT2D eigenvalue weighted by atomic mass is 16.6. The monoisotopic (exact) mass is 322 g/mol. The minimum absolute atomic E-state index is 0.0121. The van der Waals surface area contributed by atoms with Crippen LogP contribution in [0.2, 0.25) is 0 Å². The zero-order valence-corrected chi connectivity index (χ0v) is 12.6. The van der Waals surface area contributed by atoms with Crippen molar-refractivity contribution in [2.45, 2.75) is 6.54 Å². The predicted octanol–water partition coefficient (Wildman–Crippen LogP) is 2.61. The van der Waals surface area contributed by atoms with Crippen LogP contribution in [0.15, 0.2) is 60.8 Å². The van der Waals surface area contributed by atoms with Crippen LogP contribution in [0.5, 0.6) is 0 Å². The number of nitro groups is 1. The van der Waals surface area contributed by atoms with Crippen molar-refractivity contribution in [2.24, 2.45) is 5.73 Å². The number of carbonyl (C=O) groups is 1. The molecule has 0 aliphatic carbocycles. The standard InChI is InChI=1S/C17H14N4O3/c18-17(22)15-11-20(19-16(15)13-6-2-1-3-7-13)10-12-5-4-8-14(9-12)21(23)24/h1-9,11H,10H2,(H2,18,22). The summed E-state index contributed by atoms with van der Waals surface area (Å²) in [5, 5.41) is 15.3. The Morgan fingerprint density at radius 2 is 1.92 bits per heavy atom. The number of hydrogen-bond donors (Lipinski definition) is 1. The molecule has 0 saturated heterocycles. The summed E-state index contributed by atoms with van der Waals surface area (Å²) in [4.78, 5) is 22.1. The fourth-order valence-electron chi connectivity index (χ4n) is 2.45. The third-order valence-electron chi connectivity index (χ3n) is 3.54. The van der Waals surface area contributed by atoms with Gasteiger partial charge in [-0.05, 0) is 5.56 Å². The van der Waals surface area contributed by atoms with Crippen molar-refractivity contribution in [1.82, 2.24) is 9.78 Å². The molecule has 0 aliphatic heterocycles. The molecule has 0 bridgehead atoms. The third-order valence-corrected chi connectivity index (χ3v) is 3.54. The molecule has 3 rings (SSSR count). The van der Waals surface area contributed by atoms with Gasteiger partial charge in [-0.2, -0.15) is 5.10 Å². The minimum Gasteiger partial charge on any atom is -0.365 e. The van der Waals surface area contributed by atoms with Crippen molar-refractivity contribution in [3.8, 4) is 11.3 Å². The Morgan fingerprint density at radius 3 is 2.58 bits per heavy atom. The van der Waals surface area contributed by atoms with Crippen LogP contribution in [0, 0.1) is 10.1 Å². The number of nitro benzene ring substituents is 1. The van der Waals surface area contributed by atoms with Crippen LogP contribution < -0.4 is 5.73 Å². The summed E-state index contributed by atoms with van der Waals surface area (Å²) >= 11 is 0. The highest BCUT2D eigenvalue weighted by Crippen LogP contribution is 2.22. The smallest absolute Gasteiger partial charge is 0.269 e. The van der Waals surface area contributed by atoms with Crippen LogP contribution in [-0.2, 0) is 6.54 Å². The summed E-state index contributed by atoms with van der Waals surface area (Å²) in [5.74, 6) is -0.570. The predicted molar refractivity (Wildman–Crippen MR) is 88.4 cm³/mol. The lowest BCUT2D eigenvalue weighted by molar-refractivity contribution is -0.384. The van der Waals surface area contributed by atoms with Crippen molar-refractivity contribution in [2.75, 3.05) is 0 Å². The minimum atomic E-state index is -0.570. The van der Waals surface area contributed by atoms with Gasteiger partial charge in [-0.25, -0.2) is 0 Å². The highest BCUT2D eigenvalue weighted by molar-refractivity contribution is 5.98. The molecule has 0 radical (unpaired) electrons. The van der Waals surface area contributed by atoms with Crippen molar-refractivity contribution >= 4 is 11.6 Å². The Morgan fingerprint density at radius 1 is 1.17 bits per heavy atom. The molecule has 24 heavy (non-hydrogen) atoms. The maximum absolute atomic E-state index is 11.7. The van der Waals surface area contributed by atoms with Gasteiger partial charge in [0.15, 0.2) is 0 Å². The van der Waals surface area contributed by atoms with Crippen LogP contribution in [-0.4, -0.2) is 20.6 Å².